The van der Waals surface area contributed by atoms with Gasteiger partial charge in [-0.2, -0.15) is 0 Å². The van der Waals surface area contributed by atoms with Gasteiger partial charge in [0, 0.05) is 37.9 Å². The maximum absolute atomic E-state index is 13.9. The minimum Gasteiger partial charge on any atom is -0.494 e. The minimum absolute atomic E-state index is 0.0686. The molecule has 1 heterocycles. The Morgan fingerprint density at radius 3 is 2.50 bits per heavy atom. The first-order valence-corrected chi connectivity index (χ1v) is 9.37. The Kier molecular flexibility index (Phi) is 6.46. The van der Waals surface area contributed by atoms with Gasteiger partial charge in [0.1, 0.15) is 11.5 Å². The molecule has 2 aromatic rings. The molecule has 1 unspecified atom stereocenters. The molecule has 1 aliphatic rings. The molecular weight excluding hydrogens is 398 g/mol. The second-order valence-corrected chi connectivity index (χ2v) is 6.93. The van der Waals surface area contributed by atoms with E-state index in [9.17, 15) is 23.7 Å². The molecule has 1 fully saturated rings. The lowest BCUT2D eigenvalue weighted by Gasteiger charge is -2.38. The summed E-state index contributed by atoms with van der Waals surface area (Å²) >= 11 is 0. The number of ether oxygens (including phenoxy) is 1. The lowest BCUT2D eigenvalue weighted by molar-refractivity contribution is -0.384. The van der Waals surface area contributed by atoms with Crippen LogP contribution in [0, 0.1) is 21.7 Å². The zero-order valence-electron chi connectivity index (χ0n) is 16.6. The number of methoxy groups -OCH3 is 1. The molecule has 160 valence electrons. The standard InChI is InChI=1S/C20H22F2N4O4/c1-13(20(27)23-15-5-3-4-14(21)10-15)24-6-8-25(9-7-24)17-12-19(30-2)16(22)11-18(17)26(28)29/h3-5,10-13H,6-9H2,1-2H3,(H,23,27). The number of hydrogen-bond donors (Lipinski definition) is 1. The van der Waals surface area contributed by atoms with Crippen molar-refractivity contribution in [3.63, 3.8) is 0 Å². The van der Waals surface area contributed by atoms with Crippen molar-refractivity contribution in [3.05, 3.63) is 58.1 Å². The van der Waals surface area contributed by atoms with E-state index in [1.54, 1.807) is 17.9 Å². The average Bonchev–Trinajstić information content (AvgIpc) is 2.73. The van der Waals surface area contributed by atoms with E-state index in [0.29, 0.717) is 31.9 Å². The molecule has 1 aliphatic heterocycles. The van der Waals surface area contributed by atoms with Crippen molar-refractivity contribution in [1.82, 2.24) is 4.90 Å². The molecule has 0 aromatic heterocycles. The normalized spacial score (nSPS) is 15.5. The summed E-state index contributed by atoms with van der Waals surface area (Å²) in [6.07, 6.45) is 0. The molecule has 1 saturated heterocycles. The quantitative estimate of drug-likeness (QED) is 0.571. The number of benzene rings is 2. The minimum atomic E-state index is -0.797. The van der Waals surface area contributed by atoms with Crippen LogP contribution in [0.4, 0.5) is 25.8 Å². The van der Waals surface area contributed by atoms with Crippen LogP contribution in [0.25, 0.3) is 0 Å². The summed E-state index contributed by atoms with van der Waals surface area (Å²) in [5, 5.41) is 14.0. The number of carbonyl (C=O) groups is 1. The number of amides is 1. The third-order valence-corrected chi connectivity index (χ3v) is 5.12. The van der Waals surface area contributed by atoms with Gasteiger partial charge < -0.3 is 15.0 Å². The molecule has 1 amide bonds. The number of nitrogens with zero attached hydrogens (tertiary/aromatic N) is 3. The Labute approximate surface area is 172 Å². The fourth-order valence-electron chi connectivity index (χ4n) is 3.42. The van der Waals surface area contributed by atoms with E-state index in [2.05, 4.69) is 5.32 Å². The number of halogens is 2. The second-order valence-electron chi connectivity index (χ2n) is 6.93. The van der Waals surface area contributed by atoms with E-state index in [1.807, 2.05) is 4.90 Å². The van der Waals surface area contributed by atoms with E-state index >= 15 is 0 Å². The van der Waals surface area contributed by atoms with Crippen LogP contribution in [0.3, 0.4) is 0 Å². The van der Waals surface area contributed by atoms with Gasteiger partial charge in [-0.05, 0) is 25.1 Å². The molecule has 8 nitrogen and oxygen atoms in total. The Morgan fingerprint density at radius 1 is 1.20 bits per heavy atom. The predicted octanol–water partition coefficient (Wildman–Crippen LogP) is 3.03. The van der Waals surface area contributed by atoms with Crippen molar-refractivity contribution in [2.75, 3.05) is 43.5 Å². The zero-order chi connectivity index (χ0) is 21.8. The first-order valence-electron chi connectivity index (χ1n) is 9.37. The van der Waals surface area contributed by atoms with Crippen LogP contribution in [0.2, 0.25) is 0 Å². The molecule has 3 rings (SSSR count). The van der Waals surface area contributed by atoms with E-state index in [0.717, 1.165) is 6.07 Å². The number of hydrogen-bond acceptors (Lipinski definition) is 6. The van der Waals surface area contributed by atoms with Crippen molar-refractivity contribution < 1.29 is 23.2 Å². The Balaban J connectivity index is 1.67. The number of nitrogens with one attached hydrogen (secondary N) is 1. The highest BCUT2D eigenvalue weighted by atomic mass is 19.1. The number of rotatable bonds is 6. The third kappa shape index (κ3) is 4.65. The summed E-state index contributed by atoms with van der Waals surface area (Å²) in [6, 6.07) is 7.35. The van der Waals surface area contributed by atoms with Crippen molar-refractivity contribution in [2.24, 2.45) is 0 Å². The summed E-state index contributed by atoms with van der Waals surface area (Å²) in [4.78, 5) is 26.9. The van der Waals surface area contributed by atoms with Gasteiger partial charge in [-0.1, -0.05) is 6.07 Å². The monoisotopic (exact) mass is 420 g/mol. The van der Waals surface area contributed by atoms with E-state index in [-0.39, 0.29) is 23.0 Å². The van der Waals surface area contributed by atoms with E-state index < -0.39 is 22.6 Å². The smallest absolute Gasteiger partial charge is 0.295 e. The SMILES string of the molecule is COc1cc(N2CCN(C(C)C(=O)Nc3cccc(F)c3)CC2)c([N+](=O)[O-])cc1F. The molecule has 10 heteroatoms. The average molecular weight is 420 g/mol. The van der Waals surface area contributed by atoms with Gasteiger partial charge in [0.2, 0.25) is 5.91 Å². The Bertz CT molecular complexity index is 948. The van der Waals surface area contributed by atoms with Crippen LogP contribution in [0.5, 0.6) is 5.75 Å². The van der Waals surface area contributed by atoms with Gasteiger partial charge in [-0.15, -0.1) is 0 Å². The molecule has 0 aliphatic carbocycles. The fourth-order valence-corrected chi connectivity index (χ4v) is 3.42. The number of piperazine rings is 1. The van der Waals surface area contributed by atoms with Crippen molar-refractivity contribution >= 4 is 23.0 Å². The molecule has 30 heavy (non-hydrogen) atoms. The Hall–Kier alpha value is -3.27. The summed E-state index contributed by atoms with van der Waals surface area (Å²) in [5.41, 5.74) is 0.313. The maximum atomic E-state index is 13.9. The van der Waals surface area contributed by atoms with Crippen LogP contribution >= 0.6 is 0 Å². The van der Waals surface area contributed by atoms with E-state index in [4.69, 9.17) is 4.74 Å². The molecule has 1 atom stereocenters. The summed E-state index contributed by atoms with van der Waals surface area (Å²) in [6.45, 7) is 3.50. The second kappa shape index (κ2) is 9.04. The highest BCUT2D eigenvalue weighted by molar-refractivity contribution is 5.94. The van der Waals surface area contributed by atoms with Crippen molar-refractivity contribution in [1.29, 1.82) is 0 Å². The molecule has 1 N–H and O–H groups in total. The molecule has 0 saturated carbocycles. The van der Waals surface area contributed by atoms with Gasteiger partial charge in [-0.3, -0.25) is 19.8 Å². The number of nitro groups is 1. The van der Waals surface area contributed by atoms with Crippen LogP contribution < -0.4 is 15.0 Å². The van der Waals surface area contributed by atoms with Crippen LogP contribution in [0.1, 0.15) is 6.92 Å². The fraction of sp³-hybridized carbons (Fsp3) is 0.350. The highest BCUT2D eigenvalue weighted by Gasteiger charge is 2.29. The van der Waals surface area contributed by atoms with Gasteiger partial charge >= 0.3 is 0 Å². The van der Waals surface area contributed by atoms with Gasteiger partial charge in [0.15, 0.2) is 11.6 Å². The van der Waals surface area contributed by atoms with Gasteiger partial charge in [0.25, 0.3) is 5.69 Å². The van der Waals surface area contributed by atoms with Crippen molar-refractivity contribution in [3.8, 4) is 5.75 Å². The molecule has 2 aromatic carbocycles. The topological polar surface area (TPSA) is 88.0 Å². The summed E-state index contributed by atoms with van der Waals surface area (Å²) < 4.78 is 32.1. The molecule has 0 spiro atoms. The zero-order valence-corrected chi connectivity index (χ0v) is 16.6. The first-order chi connectivity index (χ1) is 14.3. The molecule has 0 radical (unpaired) electrons. The maximum Gasteiger partial charge on any atom is 0.295 e. The van der Waals surface area contributed by atoms with Crippen LogP contribution in [0.15, 0.2) is 36.4 Å². The van der Waals surface area contributed by atoms with Crippen LogP contribution in [-0.4, -0.2) is 55.1 Å². The summed E-state index contributed by atoms with van der Waals surface area (Å²) in [5.74, 6) is -1.58. The van der Waals surface area contributed by atoms with Gasteiger partial charge in [0.05, 0.1) is 24.1 Å². The predicted molar refractivity (Wildman–Crippen MR) is 108 cm³/mol. The summed E-state index contributed by atoms with van der Waals surface area (Å²) in [7, 11) is 1.30. The van der Waals surface area contributed by atoms with Crippen LogP contribution in [-0.2, 0) is 4.79 Å². The first kappa shape index (κ1) is 21.4. The molecule has 0 bridgehead atoms. The number of anilines is 2. The molecular formula is C20H22F2N4O4. The Morgan fingerprint density at radius 2 is 1.90 bits per heavy atom. The largest absolute Gasteiger partial charge is 0.494 e. The van der Waals surface area contributed by atoms with Crippen molar-refractivity contribution in [2.45, 2.75) is 13.0 Å². The number of nitro benzene ring substituents is 1. The lowest BCUT2D eigenvalue weighted by Crippen LogP contribution is -2.53. The highest BCUT2D eigenvalue weighted by Crippen LogP contribution is 2.35. The number of carbonyl (C=O) groups excluding carboxylic acids is 1. The van der Waals surface area contributed by atoms with E-state index in [1.165, 1.54) is 31.4 Å². The third-order valence-electron chi connectivity index (χ3n) is 5.12. The van der Waals surface area contributed by atoms with Gasteiger partial charge in [-0.25, -0.2) is 8.78 Å². The lowest BCUT2D eigenvalue weighted by atomic mass is 10.1.